The first-order chi connectivity index (χ1) is 12.2. The third kappa shape index (κ3) is 7.76. The highest BCUT2D eigenvalue weighted by Gasteiger charge is 2.23. The first-order valence-corrected chi connectivity index (χ1v) is 9.10. The topological polar surface area (TPSA) is 84.9 Å². The highest BCUT2D eigenvalue weighted by atomic mass is 16.6. The molecular formula is C20H31NO5. The van der Waals surface area contributed by atoms with Gasteiger partial charge in [0.1, 0.15) is 11.4 Å². The molecule has 6 heteroatoms. The van der Waals surface area contributed by atoms with E-state index in [2.05, 4.69) is 5.32 Å². The molecule has 1 unspecified atom stereocenters. The van der Waals surface area contributed by atoms with Gasteiger partial charge in [-0.3, -0.25) is 4.79 Å². The van der Waals surface area contributed by atoms with Crippen molar-refractivity contribution in [1.82, 2.24) is 5.32 Å². The molecule has 1 aromatic carbocycles. The predicted octanol–water partition coefficient (Wildman–Crippen LogP) is 3.59. The van der Waals surface area contributed by atoms with Gasteiger partial charge < -0.3 is 19.9 Å². The Morgan fingerprint density at radius 2 is 1.92 bits per heavy atom. The molecule has 0 heterocycles. The molecule has 26 heavy (non-hydrogen) atoms. The summed E-state index contributed by atoms with van der Waals surface area (Å²) in [6, 6.07) is 5.33. The molecule has 0 bridgehead atoms. The molecule has 6 nitrogen and oxygen atoms in total. The van der Waals surface area contributed by atoms with Crippen LogP contribution in [0.2, 0.25) is 0 Å². The Morgan fingerprint density at radius 3 is 2.50 bits per heavy atom. The minimum absolute atomic E-state index is 0.123. The lowest BCUT2D eigenvalue weighted by atomic mass is 9.96. The Bertz CT molecular complexity index is 607. The Hall–Kier alpha value is -2.24. The summed E-state index contributed by atoms with van der Waals surface area (Å²) in [7, 11) is 0. The number of esters is 1. The largest absolute Gasteiger partial charge is 0.508 e. The van der Waals surface area contributed by atoms with Crippen LogP contribution in [0.15, 0.2) is 18.2 Å². The number of alkyl carbamates (subject to hydrolysis) is 1. The van der Waals surface area contributed by atoms with Crippen molar-refractivity contribution in [2.45, 2.75) is 59.5 Å². The van der Waals surface area contributed by atoms with Crippen molar-refractivity contribution in [3.63, 3.8) is 0 Å². The average Bonchev–Trinajstić information content (AvgIpc) is 2.53. The number of hydrogen-bond donors (Lipinski definition) is 2. The number of benzene rings is 1. The Morgan fingerprint density at radius 1 is 1.23 bits per heavy atom. The third-order valence-electron chi connectivity index (χ3n) is 3.66. The summed E-state index contributed by atoms with van der Waals surface area (Å²) >= 11 is 0. The molecule has 0 aromatic heterocycles. The number of aromatic hydroxyl groups is 1. The second kappa shape index (κ2) is 10.0. The minimum Gasteiger partial charge on any atom is -0.508 e. The van der Waals surface area contributed by atoms with Crippen LogP contribution in [0.3, 0.4) is 0 Å². The molecule has 1 atom stereocenters. The van der Waals surface area contributed by atoms with Gasteiger partial charge in [0.2, 0.25) is 0 Å². The van der Waals surface area contributed by atoms with E-state index >= 15 is 0 Å². The summed E-state index contributed by atoms with van der Waals surface area (Å²) in [5.74, 6) is -0.634. The summed E-state index contributed by atoms with van der Waals surface area (Å²) in [5, 5.41) is 12.6. The summed E-state index contributed by atoms with van der Waals surface area (Å²) in [5.41, 5.74) is 1.17. The summed E-state index contributed by atoms with van der Waals surface area (Å²) in [6.45, 7) is 9.52. The van der Waals surface area contributed by atoms with Crippen molar-refractivity contribution in [2.75, 3.05) is 13.2 Å². The summed E-state index contributed by atoms with van der Waals surface area (Å²) < 4.78 is 10.3. The Labute approximate surface area is 155 Å². The Kier molecular flexibility index (Phi) is 8.42. The molecule has 0 fully saturated rings. The number of phenolic OH excluding ortho intramolecular Hbond substituents is 1. The van der Waals surface area contributed by atoms with E-state index in [1.165, 1.54) is 0 Å². The van der Waals surface area contributed by atoms with Gasteiger partial charge in [-0.05, 0) is 57.7 Å². The van der Waals surface area contributed by atoms with Crippen molar-refractivity contribution in [1.29, 1.82) is 0 Å². The average molecular weight is 365 g/mol. The van der Waals surface area contributed by atoms with Crippen molar-refractivity contribution >= 4 is 12.1 Å². The lowest BCUT2D eigenvalue weighted by Crippen LogP contribution is -2.38. The van der Waals surface area contributed by atoms with Gasteiger partial charge in [0.05, 0.1) is 12.5 Å². The van der Waals surface area contributed by atoms with Crippen LogP contribution in [0.4, 0.5) is 4.79 Å². The quantitative estimate of drug-likeness (QED) is 0.688. The predicted molar refractivity (Wildman–Crippen MR) is 100 cm³/mol. The van der Waals surface area contributed by atoms with Crippen LogP contribution >= 0.6 is 0 Å². The van der Waals surface area contributed by atoms with Crippen LogP contribution in [0, 0.1) is 5.92 Å². The van der Waals surface area contributed by atoms with Gasteiger partial charge in [-0.25, -0.2) is 4.79 Å². The van der Waals surface area contributed by atoms with Crippen LogP contribution in [0.5, 0.6) is 5.75 Å². The van der Waals surface area contributed by atoms with E-state index < -0.39 is 17.6 Å². The summed E-state index contributed by atoms with van der Waals surface area (Å²) in [4.78, 5) is 24.1. The van der Waals surface area contributed by atoms with Crippen LogP contribution in [0.25, 0.3) is 0 Å². The zero-order valence-electron chi connectivity index (χ0n) is 16.4. The number of hydrogen-bond acceptors (Lipinski definition) is 5. The van der Waals surface area contributed by atoms with Gasteiger partial charge >= 0.3 is 12.1 Å². The number of amides is 1. The molecule has 0 aliphatic heterocycles. The molecule has 1 amide bonds. The van der Waals surface area contributed by atoms with Gasteiger partial charge in [-0.1, -0.05) is 25.5 Å². The van der Waals surface area contributed by atoms with E-state index in [0.29, 0.717) is 6.42 Å². The molecule has 1 rings (SSSR count). The fraction of sp³-hybridized carbons (Fsp3) is 0.600. The molecule has 0 aliphatic rings. The lowest BCUT2D eigenvalue weighted by Gasteiger charge is -2.21. The molecule has 0 spiro atoms. The van der Waals surface area contributed by atoms with Gasteiger partial charge in [0, 0.05) is 6.54 Å². The highest BCUT2D eigenvalue weighted by molar-refractivity contribution is 5.74. The van der Waals surface area contributed by atoms with E-state index in [-0.39, 0.29) is 24.9 Å². The van der Waals surface area contributed by atoms with Crippen LogP contribution < -0.4 is 5.32 Å². The highest BCUT2D eigenvalue weighted by Crippen LogP contribution is 2.22. The molecule has 146 valence electrons. The number of rotatable bonds is 8. The van der Waals surface area contributed by atoms with Gasteiger partial charge in [0.25, 0.3) is 0 Å². The number of nitrogens with one attached hydrogen (secondary N) is 1. The second-order valence-corrected chi connectivity index (χ2v) is 7.25. The number of ether oxygens (including phenoxy) is 2. The fourth-order valence-corrected chi connectivity index (χ4v) is 2.54. The van der Waals surface area contributed by atoms with E-state index in [1.807, 2.05) is 13.0 Å². The molecule has 1 aromatic rings. The van der Waals surface area contributed by atoms with Crippen molar-refractivity contribution < 1.29 is 24.2 Å². The van der Waals surface area contributed by atoms with Crippen molar-refractivity contribution in [3.05, 3.63) is 29.3 Å². The normalized spacial score (nSPS) is 12.3. The van der Waals surface area contributed by atoms with E-state index in [4.69, 9.17) is 9.47 Å². The molecule has 0 aliphatic carbocycles. The van der Waals surface area contributed by atoms with Crippen molar-refractivity contribution in [2.24, 2.45) is 5.92 Å². The zero-order valence-corrected chi connectivity index (χ0v) is 16.4. The minimum atomic E-state index is -0.602. The number of carbonyl (C=O) groups excluding carboxylic acids is 2. The zero-order chi connectivity index (χ0) is 19.7. The van der Waals surface area contributed by atoms with E-state index in [9.17, 15) is 14.7 Å². The van der Waals surface area contributed by atoms with Crippen molar-refractivity contribution in [3.8, 4) is 5.75 Å². The maximum absolute atomic E-state index is 12.3. The standard InChI is InChI=1S/C20H31NO5/c1-6-8-15-11-14(9-10-17(15)22)12-16(18(23)25-7-2)13-21-19(24)26-20(3,4)5/h9-11,16,22H,6-8,12-13H2,1-5H3,(H,21,24). The van der Waals surface area contributed by atoms with E-state index in [0.717, 1.165) is 24.0 Å². The summed E-state index contributed by atoms with van der Waals surface area (Å²) in [6.07, 6.45) is 1.52. The van der Waals surface area contributed by atoms with Gasteiger partial charge in [-0.2, -0.15) is 0 Å². The van der Waals surface area contributed by atoms with Crippen LogP contribution in [0.1, 0.15) is 52.2 Å². The molecular weight excluding hydrogens is 334 g/mol. The molecule has 2 N–H and O–H groups in total. The van der Waals surface area contributed by atoms with Crippen LogP contribution in [-0.4, -0.2) is 35.9 Å². The maximum atomic E-state index is 12.3. The van der Waals surface area contributed by atoms with Gasteiger partial charge in [0.15, 0.2) is 0 Å². The lowest BCUT2D eigenvalue weighted by molar-refractivity contribution is -0.147. The maximum Gasteiger partial charge on any atom is 0.407 e. The Balaban J connectivity index is 2.82. The monoisotopic (exact) mass is 365 g/mol. The van der Waals surface area contributed by atoms with E-state index in [1.54, 1.807) is 39.8 Å². The fourth-order valence-electron chi connectivity index (χ4n) is 2.54. The number of aryl methyl sites for hydroxylation is 1. The number of carbonyl (C=O) groups is 2. The molecule has 0 radical (unpaired) electrons. The first-order valence-electron chi connectivity index (χ1n) is 9.10. The molecule has 0 saturated heterocycles. The SMILES string of the molecule is CCCc1cc(CC(CNC(=O)OC(C)(C)C)C(=O)OCC)ccc1O. The third-order valence-corrected chi connectivity index (χ3v) is 3.66. The van der Waals surface area contributed by atoms with Gasteiger partial charge in [-0.15, -0.1) is 0 Å². The smallest absolute Gasteiger partial charge is 0.407 e. The molecule has 0 saturated carbocycles. The second-order valence-electron chi connectivity index (χ2n) is 7.25. The first kappa shape index (κ1) is 21.8. The van der Waals surface area contributed by atoms with Crippen LogP contribution in [-0.2, 0) is 27.1 Å². The number of phenols is 1.